The number of rotatable bonds is 6. The van der Waals surface area contributed by atoms with E-state index in [1.807, 2.05) is 43.3 Å². The number of nitrogens with one attached hydrogen (secondary N) is 1. The van der Waals surface area contributed by atoms with Gasteiger partial charge in [0.15, 0.2) is 0 Å². The molecule has 1 unspecified atom stereocenters. The van der Waals surface area contributed by atoms with Crippen LogP contribution in [0.3, 0.4) is 0 Å². The molecule has 0 saturated carbocycles. The number of thioether (sulfide) groups is 1. The third kappa shape index (κ3) is 4.74. The van der Waals surface area contributed by atoms with Crippen molar-refractivity contribution in [2.24, 2.45) is 0 Å². The van der Waals surface area contributed by atoms with Crippen molar-refractivity contribution in [3.8, 4) is 0 Å². The van der Waals surface area contributed by atoms with Crippen LogP contribution in [0.25, 0.3) is 0 Å². The lowest BCUT2D eigenvalue weighted by atomic mass is 9.96. The van der Waals surface area contributed by atoms with Gasteiger partial charge in [-0.15, -0.1) is 5.10 Å². The van der Waals surface area contributed by atoms with Gasteiger partial charge in [0.1, 0.15) is 6.04 Å². The summed E-state index contributed by atoms with van der Waals surface area (Å²) < 4.78 is 7.05. The van der Waals surface area contributed by atoms with E-state index in [9.17, 15) is 4.79 Å². The van der Waals surface area contributed by atoms with Crippen LogP contribution in [0.15, 0.2) is 65.0 Å². The van der Waals surface area contributed by atoms with Crippen LogP contribution in [0.2, 0.25) is 10.0 Å². The fourth-order valence-corrected chi connectivity index (χ4v) is 4.50. The van der Waals surface area contributed by atoms with Crippen LogP contribution in [0.1, 0.15) is 31.0 Å². The number of benzene rings is 2. The molecule has 160 valence electrons. The molecule has 2 heterocycles. The molecule has 0 bridgehead atoms. The Morgan fingerprint density at radius 3 is 2.68 bits per heavy atom. The van der Waals surface area contributed by atoms with Gasteiger partial charge in [0.25, 0.3) is 0 Å². The number of fused-ring (bicyclic) bond motifs is 1. The maximum absolute atomic E-state index is 12.8. The summed E-state index contributed by atoms with van der Waals surface area (Å²) in [5.41, 5.74) is 3.12. The highest BCUT2D eigenvalue weighted by atomic mass is 35.5. The summed E-state index contributed by atoms with van der Waals surface area (Å²) in [6.45, 7) is 3.91. The molecule has 1 aliphatic rings. The second-order valence-corrected chi connectivity index (χ2v) is 8.73. The highest BCUT2D eigenvalue weighted by Crippen LogP contribution is 2.37. The predicted molar refractivity (Wildman–Crippen MR) is 124 cm³/mol. The number of allylic oxidation sites excluding steroid dienone is 1. The molecule has 1 N–H and O–H groups in total. The van der Waals surface area contributed by atoms with Gasteiger partial charge in [-0.25, -0.2) is 9.48 Å². The zero-order chi connectivity index (χ0) is 22.0. The van der Waals surface area contributed by atoms with Crippen LogP contribution in [0.4, 0.5) is 5.95 Å². The molecule has 0 aliphatic carbocycles. The summed E-state index contributed by atoms with van der Waals surface area (Å²) in [5, 5.41) is 9.80. The van der Waals surface area contributed by atoms with Crippen molar-refractivity contribution in [2.75, 3.05) is 11.9 Å². The van der Waals surface area contributed by atoms with Gasteiger partial charge in [0.05, 0.1) is 12.2 Å². The van der Waals surface area contributed by atoms with Gasteiger partial charge in [-0.05, 0) is 49.2 Å². The molecule has 6 nitrogen and oxygen atoms in total. The van der Waals surface area contributed by atoms with Crippen molar-refractivity contribution in [1.29, 1.82) is 0 Å². The summed E-state index contributed by atoms with van der Waals surface area (Å²) in [4.78, 5) is 17.4. The number of esters is 1. The smallest absolute Gasteiger partial charge is 0.338 e. The Balaban J connectivity index is 1.68. The topological polar surface area (TPSA) is 69.0 Å². The minimum atomic E-state index is -0.472. The van der Waals surface area contributed by atoms with Crippen LogP contribution in [0, 0.1) is 0 Å². The zero-order valence-electron chi connectivity index (χ0n) is 16.9. The van der Waals surface area contributed by atoms with Crippen molar-refractivity contribution in [3.63, 3.8) is 0 Å². The third-order valence-electron chi connectivity index (χ3n) is 4.77. The van der Waals surface area contributed by atoms with E-state index in [1.54, 1.807) is 23.7 Å². The Bertz CT molecular complexity index is 1140. The molecule has 3 aromatic rings. The molecule has 1 aliphatic heterocycles. The SMILES string of the molecule is CCOC(=O)C1=C(C)Nc2nc(SCc3cccc(Cl)c3)nn2C1c1ccc(Cl)cc1. The molecule has 0 radical (unpaired) electrons. The van der Waals surface area contributed by atoms with E-state index >= 15 is 0 Å². The molecule has 1 atom stereocenters. The lowest BCUT2D eigenvalue weighted by Gasteiger charge is -2.28. The molecule has 0 fully saturated rings. The van der Waals surface area contributed by atoms with E-state index in [2.05, 4.69) is 10.3 Å². The van der Waals surface area contributed by atoms with Crippen molar-refractivity contribution < 1.29 is 9.53 Å². The van der Waals surface area contributed by atoms with Crippen LogP contribution in [-0.4, -0.2) is 27.3 Å². The fourth-order valence-electron chi connectivity index (χ4n) is 3.39. The lowest BCUT2D eigenvalue weighted by Crippen LogP contribution is -2.29. The highest BCUT2D eigenvalue weighted by molar-refractivity contribution is 7.98. The Morgan fingerprint density at radius 1 is 1.19 bits per heavy atom. The number of aromatic nitrogens is 3. The van der Waals surface area contributed by atoms with Crippen LogP contribution >= 0.6 is 35.0 Å². The first-order valence-corrected chi connectivity index (χ1v) is 11.4. The van der Waals surface area contributed by atoms with Gasteiger partial charge in [-0.2, -0.15) is 4.98 Å². The predicted octanol–water partition coefficient (Wildman–Crippen LogP) is 5.73. The van der Waals surface area contributed by atoms with E-state index in [0.29, 0.717) is 38.2 Å². The minimum absolute atomic E-state index is 0.286. The minimum Gasteiger partial charge on any atom is -0.463 e. The van der Waals surface area contributed by atoms with Gasteiger partial charge in [-0.1, -0.05) is 59.2 Å². The van der Waals surface area contributed by atoms with Gasteiger partial charge in [-0.3, -0.25) is 0 Å². The monoisotopic (exact) mass is 474 g/mol. The quantitative estimate of drug-likeness (QED) is 0.363. The number of hydrogen-bond donors (Lipinski definition) is 1. The molecule has 0 saturated heterocycles. The van der Waals surface area contributed by atoms with Crippen LogP contribution < -0.4 is 5.32 Å². The molecule has 9 heteroatoms. The third-order valence-corrected chi connectivity index (χ3v) is 6.17. The Labute approximate surface area is 194 Å². The number of anilines is 1. The zero-order valence-corrected chi connectivity index (χ0v) is 19.3. The molecule has 2 aromatic carbocycles. The van der Waals surface area contributed by atoms with E-state index in [-0.39, 0.29) is 12.6 Å². The summed E-state index contributed by atoms with van der Waals surface area (Å²) in [6, 6.07) is 14.6. The normalized spacial score (nSPS) is 15.4. The maximum Gasteiger partial charge on any atom is 0.338 e. The van der Waals surface area contributed by atoms with Crippen molar-refractivity contribution in [3.05, 3.63) is 81.0 Å². The molecule has 1 aromatic heterocycles. The van der Waals surface area contributed by atoms with Crippen LogP contribution in [-0.2, 0) is 15.3 Å². The first-order chi connectivity index (χ1) is 15.0. The van der Waals surface area contributed by atoms with E-state index < -0.39 is 6.04 Å². The molecule has 0 amide bonds. The second kappa shape index (κ2) is 9.34. The average Bonchev–Trinajstić information content (AvgIpc) is 3.14. The van der Waals surface area contributed by atoms with Gasteiger partial charge in [0.2, 0.25) is 11.1 Å². The van der Waals surface area contributed by atoms with Gasteiger partial charge in [0, 0.05) is 21.5 Å². The summed E-state index contributed by atoms with van der Waals surface area (Å²) >= 11 is 13.7. The first-order valence-electron chi connectivity index (χ1n) is 9.70. The van der Waals surface area contributed by atoms with Crippen molar-refractivity contribution in [1.82, 2.24) is 14.8 Å². The lowest BCUT2D eigenvalue weighted by molar-refractivity contribution is -0.139. The van der Waals surface area contributed by atoms with Crippen molar-refractivity contribution in [2.45, 2.75) is 30.8 Å². The number of ether oxygens (including phenoxy) is 1. The molecule has 31 heavy (non-hydrogen) atoms. The number of carbonyl (C=O) groups excluding carboxylic acids is 1. The highest BCUT2D eigenvalue weighted by Gasteiger charge is 2.35. The average molecular weight is 475 g/mol. The number of carbonyl (C=O) groups is 1. The summed E-state index contributed by atoms with van der Waals surface area (Å²) in [6.07, 6.45) is 0. The largest absolute Gasteiger partial charge is 0.463 e. The Kier molecular flexibility index (Phi) is 6.55. The molecule has 4 rings (SSSR count). The number of halogens is 2. The summed E-state index contributed by atoms with van der Waals surface area (Å²) in [7, 11) is 0. The van der Waals surface area contributed by atoms with Gasteiger partial charge < -0.3 is 10.1 Å². The van der Waals surface area contributed by atoms with Gasteiger partial charge >= 0.3 is 5.97 Å². The van der Waals surface area contributed by atoms with E-state index in [1.165, 1.54) is 11.8 Å². The van der Waals surface area contributed by atoms with E-state index in [0.717, 1.165) is 11.1 Å². The summed E-state index contributed by atoms with van der Waals surface area (Å²) in [5.74, 6) is 0.855. The first kappa shape index (κ1) is 21.7. The van der Waals surface area contributed by atoms with Crippen LogP contribution in [0.5, 0.6) is 0 Å². The van der Waals surface area contributed by atoms with Crippen molar-refractivity contribution >= 4 is 46.9 Å². The Hall–Kier alpha value is -2.48. The molecular formula is C22H20Cl2N4O2S. The standard InChI is InChI=1S/C22H20Cl2N4O2S/c1-3-30-20(29)18-13(2)25-21-26-22(31-12-14-5-4-6-17(24)11-14)27-28(21)19(18)15-7-9-16(23)10-8-15/h4-11,19H,3,12H2,1-2H3,(H,25,26,27). The molecule has 0 spiro atoms. The maximum atomic E-state index is 12.8. The second-order valence-electron chi connectivity index (χ2n) is 6.92. The fraction of sp³-hybridized carbons (Fsp3) is 0.227. The number of hydrogen-bond acceptors (Lipinski definition) is 6. The number of nitrogens with zero attached hydrogens (tertiary/aromatic N) is 3. The Morgan fingerprint density at radius 2 is 1.97 bits per heavy atom. The van der Waals surface area contributed by atoms with E-state index in [4.69, 9.17) is 33.0 Å². The molecular weight excluding hydrogens is 455 g/mol.